The average Bonchev–Trinajstić information content (AvgIpc) is 2.94. The van der Waals surface area contributed by atoms with Crippen molar-refractivity contribution in [2.24, 2.45) is 0 Å². The molecule has 0 unspecified atom stereocenters. The maximum atomic E-state index is 15.0. The van der Waals surface area contributed by atoms with Gasteiger partial charge in [0, 0.05) is 39.2 Å². The van der Waals surface area contributed by atoms with Crippen molar-refractivity contribution in [1.82, 2.24) is 20.2 Å². The third-order valence-corrected chi connectivity index (χ3v) is 6.97. The first-order chi connectivity index (χ1) is 20.7. The Morgan fingerprint density at radius 2 is 1.68 bits per heavy atom. The van der Waals surface area contributed by atoms with Gasteiger partial charge >= 0.3 is 17.9 Å². The Labute approximate surface area is 250 Å². The number of anilines is 1. The van der Waals surface area contributed by atoms with Crippen LogP contribution in [-0.2, 0) is 25.7 Å². The normalized spacial score (nSPS) is 12.3. The number of aromatic amines is 1. The van der Waals surface area contributed by atoms with Gasteiger partial charge in [0.15, 0.2) is 0 Å². The Hall–Kier alpha value is -5.34. The van der Waals surface area contributed by atoms with Crippen LogP contribution in [0.25, 0.3) is 10.9 Å². The molecule has 44 heavy (non-hydrogen) atoms. The molecule has 1 aromatic heterocycles. The number of aromatic nitrogens is 2. The van der Waals surface area contributed by atoms with Crippen LogP contribution in [0.15, 0.2) is 41.2 Å². The monoisotopic (exact) mass is 613 g/mol. The number of carboxylic acid groups (broad SMARTS) is 3. The molecule has 14 nitrogen and oxygen atoms in total. The number of aliphatic carboxylic acids is 3. The SMILES string of the molecule is Cc1nc2ccc(CN(C)c3ccc(C(=O)N[C@@H](CCC(=O)N(C)[C@@H](CCC(=O)O)C(=O)O)C(=O)O)c(F)c3)cc2c(=O)[nH]1. The molecule has 1 heterocycles. The first-order valence-corrected chi connectivity index (χ1v) is 13.4. The first-order valence-electron chi connectivity index (χ1n) is 13.4. The van der Waals surface area contributed by atoms with Gasteiger partial charge in [0.1, 0.15) is 23.7 Å². The molecule has 0 bridgehead atoms. The van der Waals surface area contributed by atoms with Gasteiger partial charge in [-0.1, -0.05) is 6.07 Å². The molecule has 2 aromatic carbocycles. The van der Waals surface area contributed by atoms with Gasteiger partial charge in [0.25, 0.3) is 11.5 Å². The molecule has 0 aliphatic heterocycles. The minimum absolute atomic E-state index is 0.283. The van der Waals surface area contributed by atoms with Crippen molar-refractivity contribution in [1.29, 1.82) is 0 Å². The highest BCUT2D eigenvalue weighted by Crippen LogP contribution is 2.21. The van der Waals surface area contributed by atoms with Crippen LogP contribution in [0.3, 0.4) is 0 Å². The quantitative estimate of drug-likeness (QED) is 0.177. The molecule has 5 N–H and O–H groups in total. The van der Waals surface area contributed by atoms with E-state index in [4.69, 9.17) is 5.11 Å². The molecule has 0 spiro atoms. The molecular formula is C29H32FN5O9. The molecule has 0 saturated heterocycles. The zero-order valence-corrected chi connectivity index (χ0v) is 24.2. The second kappa shape index (κ2) is 14.2. The van der Waals surface area contributed by atoms with Crippen LogP contribution >= 0.6 is 0 Å². The smallest absolute Gasteiger partial charge is 0.326 e. The summed E-state index contributed by atoms with van der Waals surface area (Å²) < 4.78 is 15.0. The molecule has 0 radical (unpaired) electrons. The summed E-state index contributed by atoms with van der Waals surface area (Å²) in [6.07, 6.45) is -1.75. The molecule has 2 atom stereocenters. The lowest BCUT2D eigenvalue weighted by atomic mass is 10.1. The molecule has 3 rings (SSSR count). The van der Waals surface area contributed by atoms with Crippen LogP contribution in [-0.4, -0.2) is 86.1 Å². The summed E-state index contributed by atoms with van der Waals surface area (Å²) in [7, 11) is 2.84. The topological polar surface area (TPSA) is 210 Å². The van der Waals surface area contributed by atoms with Gasteiger partial charge in [0.2, 0.25) is 5.91 Å². The maximum Gasteiger partial charge on any atom is 0.326 e. The summed E-state index contributed by atoms with van der Waals surface area (Å²) >= 11 is 0. The fourth-order valence-corrected chi connectivity index (χ4v) is 4.55. The van der Waals surface area contributed by atoms with E-state index in [0.717, 1.165) is 23.6 Å². The first kappa shape index (κ1) is 33.2. The van der Waals surface area contributed by atoms with E-state index in [9.17, 15) is 39.0 Å². The lowest BCUT2D eigenvalue weighted by molar-refractivity contribution is -0.150. The highest BCUT2D eigenvalue weighted by Gasteiger charge is 2.29. The van der Waals surface area contributed by atoms with Crippen molar-refractivity contribution in [2.75, 3.05) is 19.0 Å². The van der Waals surface area contributed by atoms with Gasteiger partial charge in [-0.05, 0) is 55.7 Å². The van der Waals surface area contributed by atoms with Crippen LogP contribution in [0, 0.1) is 12.7 Å². The van der Waals surface area contributed by atoms with Crippen LogP contribution in [0.2, 0.25) is 0 Å². The number of nitrogens with one attached hydrogen (secondary N) is 2. The number of nitrogens with zero attached hydrogens (tertiary/aromatic N) is 3. The van der Waals surface area contributed by atoms with Crippen LogP contribution < -0.4 is 15.8 Å². The van der Waals surface area contributed by atoms with Crippen LogP contribution in [0.5, 0.6) is 0 Å². The summed E-state index contributed by atoms with van der Waals surface area (Å²) in [6.45, 7) is 1.97. The summed E-state index contributed by atoms with van der Waals surface area (Å²) in [6, 6.07) is 5.90. The van der Waals surface area contributed by atoms with E-state index >= 15 is 4.39 Å². The molecule has 0 aliphatic rings. The van der Waals surface area contributed by atoms with Gasteiger partial charge in [0.05, 0.1) is 16.5 Å². The van der Waals surface area contributed by atoms with E-state index in [0.29, 0.717) is 22.4 Å². The van der Waals surface area contributed by atoms with E-state index < -0.39 is 72.4 Å². The fraction of sp³-hybridized carbons (Fsp3) is 0.345. The van der Waals surface area contributed by atoms with Gasteiger partial charge in [-0.2, -0.15) is 0 Å². The number of rotatable bonds is 14. The third kappa shape index (κ3) is 8.36. The van der Waals surface area contributed by atoms with Crippen molar-refractivity contribution in [2.45, 2.75) is 51.2 Å². The average molecular weight is 614 g/mol. The molecule has 0 fully saturated rings. The summed E-state index contributed by atoms with van der Waals surface area (Å²) in [5.74, 6) is -6.41. The number of hydrogen-bond donors (Lipinski definition) is 5. The minimum Gasteiger partial charge on any atom is -0.481 e. The number of carboxylic acids is 3. The number of aryl methyl sites for hydroxylation is 1. The molecule has 3 aromatic rings. The number of hydrogen-bond acceptors (Lipinski definition) is 8. The maximum absolute atomic E-state index is 15.0. The van der Waals surface area contributed by atoms with Crippen LogP contribution in [0.4, 0.5) is 10.1 Å². The van der Waals surface area contributed by atoms with Gasteiger partial charge in [-0.25, -0.2) is 19.0 Å². The number of halogens is 1. The van der Waals surface area contributed by atoms with Crippen molar-refractivity contribution in [3.63, 3.8) is 0 Å². The molecule has 0 saturated carbocycles. The molecule has 2 amide bonds. The summed E-state index contributed by atoms with van der Waals surface area (Å²) in [5.41, 5.74) is 0.967. The molecule has 234 valence electrons. The third-order valence-electron chi connectivity index (χ3n) is 6.97. The molecule has 0 aliphatic carbocycles. The predicted molar refractivity (Wildman–Crippen MR) is 155 cm³/mol. The number of likely N-dealkylation sites (N-methyl/N-ethyl adjacent to an activating group) is 1. The minimum atomic E-state index is -1.60. The molecule has 15 heteroatoms. The number of carbonyl (C=O) groups excluding carboxylic acids is 2. The lowest BCUT2D eigenvalue weighted by Gasteiger charge is -2.25. The van der Waals surface area contributed by atoms with Crippen molar-refractivity contribution in [3.05, 3.63) is 69.5 Å². The Balaban J connectivity index is 1.65. The Kier molecular flexibility index (Phi) is 10.7. The Bertz CT molecular complexity index is 1660. The largest absolute Gasteiger partial charge is 0.481 e. The fourth-order valence-electron chi connectivity index (χ4n) is 4.55. The predicted octanol–water partition coefficient (Wildman–Crippen LogP) is 1.75. The van der Waals surface area contributed by atoms with Crippen LogP contribution in [0.1, 0.15) is 47.4 Å². The second-order valence-electron chi connectivity index (χ2n) is 10.2. The van der Waals surface area contributed by atoms with Gasteiger partial charge in [-0.3, -0.25) is 19.2 Å². The number of fused-ring (bicyclic) bond motifs is 1. The van der Waals surface area contributed by atoms with E-state index in [1.165, 1.54) is 12.1 Å². The number of benzene rings is 2. The summed E-state index contributed by atoms with van der Waals surface area (Å²) in [4.78, 5) is 81.0. The van der Waals surface area contributed by atoms with E-state index in [-0.39, 0.29) is 18.5 Å². The Morgan fingerprint density at radius 3 is 2.30 bits per heavy atom. The Morgan fingerprint density at radius 1 is 0.977 bits per heavy atom. The zero-order chi connectivity index (χ0) is 32.7. The standard InChI is InChI=1S/C29H32FN5O9/c1-15-31-21-7-4-16(12-19(21)27(40)32-15)14-34(2)17-5-6-18(20(30)13-17)26(39)33-22(28(41)42)8-10-24(36)35(3)23(29(43)44)9-11-25(37)38/h4-7,12-13,22-23H,8-11,14H2,1-3H3,(H,33,39)(H,37,38)(H,41,42)(H,43,44)(H,31,32,40)/t22-,23-/m0/s1. The van der Waals surface area contributed by atoms with E-state index in [1.54, 1.807) is 37.1 Å². The van der Waals surface area contributed by atoms with E-state index in [2.05, 4.69) is 15.3 Å². The lowest BCUT2D eigenvalue weighted by Crippen LogP contribution is -2.45. The number of carbonyl (C=O) groups is 5. The van der Waals surface area contributed by atoms with Gasteiger partial charge in [-0.15, -0.1) is 0 Å². The van der Waals surface area contributed by atoms with Crippen molar-refractivity contribution in [3.8, 4) is 0 Å². The number of amides is 2. The molecular weight excluding hydrogens is 581 g/mol. The number of H-pyrrole nitrogens is 1. The highest BCUT2D eigenvalue weighted by atomic mass is 19.1. The van der Waals surface area contributed by atoms with Crippen molar-refractivity contribution >= 4 is 46.3 Å². The highest BCUT2D eigenvalue weighted by molar-refractivity contribution is 5.97. The van der Waals surface area contributed by atoms with Crippen molar-refractivity contribution < 1.29 is 43.7 Å². The van der Waals surface area contributed by atoms with E-state index in [1.807, 2.05) is 0 Å². The second-order valence-corrected chi connectivity index (χ2v) is 10.2. The van der Waals surface area contributed by atoms with Gasteiger partial charge < -0.3 is 35.4 Å². The zero-order valence-electron chi connectivity index (χ0n) is 24.2. The summed E-state index contributed by atoms with van der Waals surface area (Å²) in [5, 5.41) is 30.3.